The van der Waals surface area contributed by atoms with E-state index in [1.165, 1.54) is 12.1 Å². The molecule has 166 valence electrons. The van der Waals surface area contributed by atoms with Gasteiger partial charge in [-0.25, -0.2) is 0 Å². The van der Waals surface area contributed by atoms with E-state index in [-0.39, 0.29) is 42.0 Å². The molecule has 0 spiro atoms. The number of nitriles is 1. The smallest absolute Gasteiger partial charge is 0.416 e. The lowest BCUT2D eigenvalue weighted by Crippen LogP contribution is -2.49. The van der Waals surface area contributed by atoms with Crippen molar-refractivity contribution in [3.8, 4) is 11.9 Å². The number of amides is 1. The highest BCUT2D eigenvalue weighted by Crippen LogP contribution is 2.37. The van der Waals surface area contributed by atoms with Gasteiger partial charge in [0, 0.05) is 12.2 Å². The number of ether oxygens (including phenoxy) is 1. The molecule has 1 amide bonds. The Balaban J connectivity index is 2.84. The molecule has 1 atom stereocenters. The van der Waals surface area contributed by atoms with Gasteiger partial charge in [-0.3, -0.25) is 4.79 Å². The maximum Gasteiger partial charge on any atom is 0.416 e. The van der Waals surface area contributed by atoms with E-state index in [2.05, 4.69) is 9.97 Å². The minimum Gasteiger partial charge on any atom is -0.477 e. The number of nitrogens with two attached hydrogens (primary N) is 2. The minimum absolute atomic E-state index is 0.0182. The molecule has 0 bridgehead atoms. The van der Waals surface area contributed by atoms with Crippen LogP contribution in [-0.4, -0.2) is 54.1 Å². The summed E-state index contributed by atoms with van der Waals surface area (Å²) in [5.74, 6) is -1.48. The molecule has 1 aromatic carbocycles. The third-order valence-electron chi connectivity index (χ3n) is 4.12. The number of carbonyl (C=O) groups is 1. The second-order valence-electron chi connectivity index (χ2n) is 6.73. The molecule has 1 aromatic heterocycles. The summed E-state index contributed by atoms with van der Waals surface area (Å²) in [4.78, 5) is 23.0. The van der Waals surface area contributed by atoms with Crippen molar-refractivity contribution in [2.45, 2.75) is 19.1 Å². The molecule has 31 heavy (non-hydrogen) atoms. The summed E-state index contributed by atoms with van der Waals surface area (Å²) in [5, 5.41) is 9.71. The van der Waals surface area contributed by atoms with Crippen molar-refractivity contribution < 1.29 is 22.7 Å². The lowest BCUT2D eigenvalue weighted by Gasteiger charge is -2.33. The molecule has 0 unspecified atom stereocenters. The zero-order chi connectivity index (χ0) is 23.3. The van der Waals surface area contributed by atoms with Crippen LogP contribution in [0, 0.1) is 11.3 Å². The summed E-state index contributed by atoms with van der Waals surface area (Å²) in [7, 11) is 3.32. The average molecular weight is 437 g/mol. The van der Waals surface area contributed by atoms with Gasteiger partial charge >= 0.3 is 6.18 Å². The molecule has 0 fully saturated rings. The number of alkyl halides is 3. The number of carbonyl (C=O) groups excluding carboxylic acids is 1. The molecule has 2 rings (SSSR count). The first kappa shape index (κ1) is 23.7. The molecule has 4 N–H and O–H groups in total. The number of rotatable bonds is 8. The van der Waals surface area contributed by atoms with Gasteiger partial charge in [0.25, 0.3) is 0 Å². The Morgan fingerprint density at radius 1 is 1.32 bits per heavy atom. The van der Waals surface area contributed by atoms with Crippen LogP contribution < -0.4 is 21.1 Å². The van der Waals surface area contributed by atoms with E-state index < -0.39 is 23.7 Å². The number of anilines is 3. The van der Waals surface area contributed by atoms with E-state index in [9.17, 15) is 23.2 Å². The van der Waals surface area contributed by atoms with Crippen LogP contribution in [0.2, 0.25) is 0 Å². The predicted molar refractivity (Wildman–Crippen MR) is 107 cm³/mol. The van der Waals surface area contributed by atoms with E-state index in [0.717, 1.165) is 17.0 Å². The van der Waals surface area contributed by atoms with Crippen molar-refractivity contribution in [1.29, 1.82) is 5.26 Å². The fourth-order valence-electron chi connectivity index (χ4n) is 2.88. The van der Waals surface area contributed by atoms with Gasteiger partial charge in [0.2, 0.25) is 17.7 Å². The summed E-state index contributed by atoms with van der Waals surface area (Å²) >= 11 is 0. The topological polar surface area (TPSA) is 134 Å². The number of likely N-dealkylation sites (N-methyl/N-ethyl adjacent to an activating group) is 1. The molecular formula is C19H22F3N7O2. The van der Waals surface area contributed by atoms with Crippen molar-refractivity contribution in [1.82, 2.24) is 14.9 Å². The summed E-state index contributed by atoms with van der Waals surface area (Å²) < 4.78 is 45.4. The van der Waals surface area contributed by atoms with Gasteiger partial charge in [-0.05, 0) is 39.2 Å². The number of nitrogens with zero attached hydrogens (tertiary/aromatic N) is 5. The van der Waals surface area contributed by atoms with Gasteiger partial charge in [-0.15, -0.1) is 0 Å². The molecule has 0 radical (unpaired) electrons. The Morgan fingerprint density at radius 2 is 2.00 bits per heavy atom. The van der Waals surface area contributed by atoms with Gasteiger partial charge in [0.05, 0.1) is 12.2 Å². The van der Waals surface area contributed by atoms with Crippen LogP contribution in [0.5, 0.6) is 5.88 Å². The van der Waals surface area contributed by atoms with Crippen molar-refractivity contribution in [3.63, 3.8) is 0 Å². The third-order valence-corrected chi connectivity index (χ3v) is 4.12. The monoisotopic (exact) mass is 437 g/mol. The standard InChI is InChI=1S/C19H22F3N7O2/c1-4-31-17-13(9-23)16(26-18(25)27-17)29(14(15(24)30)10-28(2)3)12-7-5-6-11(8-12)19(20,21)22/h5-8,14H,4,10H2,1-3H3,(H2,24,30)(H2,25,26,27)/t14-/m0/s1. The highest BCUT2D eigenvalue weighted by molar-refractivity contribution is 5.88. The summed E-state index contributed by atoms with van der Waals surface area (Å²) in [6, 6.07) is 4.95. The molecule has 0 aliphatic heterocycles. The second kappa shape index (κ2) is 9.48. The third kappa shape index (κ3) is 5.52. The van der Waals surface area contributed by atoms with Crippen LogP contribution in [0.25, 0.3) is 0 Å². The number of nitrogen functional groups attached to an aromatic ring is 1. The number of primary amides is 1. The maximum atomic E-state index is 13.3. The second-order valence-corrected chi connectivity index (χ2v) is 6.73. The van der Waals surface area contributed by atoms with Crippen LogP contribution in [0.3, 0.4) is 0 Å². The van der Waals surface area contributed by atoms with Crippen LogP contribution in [0.1, 0.15) is 18.1 Å². The van der Waals surface area contributed by atoms with Crippen LogP contribution >= 0.6 is 0 Å². The quantitative estimate of drug-likeness (QED) is 0.639. The Kier molecular flexibility index (Phi) is 7.24. The molecule has 0 aliphatic rings. The Bertz CT molecular complexity index is 989. The molecular weight excluding hydrogens is 415 g/mol. The van der Waals surface area contributed by atoms with Crippen molar-refractivity contribution in [2.24, 2.45) is 5.73 Å². The first-order valence-electron chi connectivity index (χ1n) is 9.10. The number of hydrogen-bond donors (Lipinski definition) is 2. The van der Waals surface area contributed by atoms with Crippen molar-refractivity contribution in [3.05, 3.63) is 35.4 Å². The molecule has 0 saturated heterocycles. The molecule has 0 saturated carbocycles. The molecule has 9 nitrogen and oxygen atoms in total. The lowest BCUT2D eigenvalue weighted by atomic mass is 10.1. The van der Waals surface area contributed by atoms with Gasteiger partial charge < -0.3 is 26.0 Å². The molecule has 12 heteroatoms. The summed E-state index contributed by atoms with van der Waals surface area (Å²) in [5.41, 5.74) is 10.1. The van der Waals surface area contributed by atoms with E-state index in [0.29, 0.717) is 0 Å². The highest BCUT2D eigenvalue weighted by atomic mass is 19.4. The first-order valence-corrected chi connectivity index (χ1v) is 9.10. The number of halogens is 3. The van der Waals surface area contributed by atoms with Crippen molar-refractivity contribution in [2.75, 3.05) is 37.9 Å². The van der Waals surface area contributed by atoms with Gasteiger partial charge in [-0.2, -0.15) is 28.4 Å². The Labute approximate surface area is 177 Å². The molecule has 0 aliphatic carbocycles. The van der Waals surface area contributed by atoms with Gasteiger partial charge in [-0.1, -0.05) is 6.07 Å². The van der Waals surface area contributed by atoms with Crippen LogP contribution in [-0.2, 0) is 11.0 Å². The SMILES string of the molecule is CCOc1nc(N)nc(N(c2cccc(C(F)(F)F)c2)[C@@H](CN(C)C)C(N)=O)c1C#N. The predicted octanol–water partition coefficient (Wildman–Crippen LogP) is 1.90. The number of benzene rings is 1. The van der Waals surface area contributed by atoms with Crippen LogP contribution in [0.4, 0.5) is 30.6 Å². The maximum absolute atomic E-state index is 13.3. The van der Waals surface area contributed by atoms with E-state index >= 15 is 0 Å². The Morgan fingerprint density at radius 3 is 2.52 bits per heavy atom. The fourth-order valence-corrected chi connectivity index (χ4v) is 2.88. The summed E-state index contributed by atoms with van der Waals surface area (Å²) in [6.07, 6.45) is -4.63. The van der Waals surface area contributed by atoms with Crippen LogP contribution in [0.15, 0.2) is 24.3 Å². The highest BCUT2D eigenvalue weighted by Gasteiger charge is 2.35. The van der Waals surface area contributed by atoms with Gasteiger partial charge in [0.1, 0.15) is 12.1 Å². The van der Waals surface area contributed by atoms with E-state index in [4.69, 9.17) is 16.2 Å². The number of hydrogen-bond acceptors (Lipinski definition) is 8. The molecule has 1 heterocycles. The number of aromatic nitrogens is 2. The van der Waals surface area contributed by atoms with E-state index in [1.54, 1.807) is 25.9 Å². The fraction of sp³-hybridized carbons (Fsp3) is 0.368. The average Bonchev–Trinajstić information content (AvgIpc) is 2.67. The first-order chi connectivity index (χ1) is 14.5. The van der Waals surface area contributed by atoms with E-state index in [1.807, 2.05) is 6.07 Å². The zero-order valence-corrected chi connectivity index (χ0v) is 17.1. The van der Waals surface area contributed by atoms with Crippen molar-refractivity contribution >= 4 is 23.4 Å². The Hall–Kier alpha value is -3.59. The molecule has 2 aromatic rings. The summed E-state index contributed by atoms with van der Waals surface area (Å²) in [6.45, 7) is 1.82. The van der Waals surface area contributed by atoms with Gasteiger partial charge in [0.15, 0.2) is 11.4 Å². The normalized spacial score (nSPS) is 12.3. The zero-order valence-electron chi connectivity index (χ0n) is 17.1. The largest absolute Gasteiger partial charge is 0.477 e. The lowest BCUT2D eigenvalue weighted by molar-refractivity contribution is -0.137. The minimum atomic E-state index is -4.63.